The molecule has 2 aromatic heterocycles. The molecule has 6 nitrogen and oxygen atoms in total. The number of hydrogen-bond acceptors (Lipinski definition) is 4. The summed E-state index contributed by atoms with van der Waals surface area (Å²) in [4.78, 5) is 15.3. The van der Waals surface area contributed by atoms with Gasteiger partial charge >= 0.3 is 6.09 Å². The van der Waals surface area contributed by atoms with Crippen molar-refractivity contribution in [3.63, 3.8) is 0 Å². The lowest BCUT2D eigenvalue weighted by molar-refractivity contribution is 0.203. The number of amides is 1. The van der Waals surface area contributed by atoms with E-state index in [-0.39, 0.29) is 0 Å². The Hall–Kier alpha value is -3.02. The van der Waals surface area contributed by atoms with E-state index in [1.807, 2.05) is 53.3 Å². The molecule has 2 heterocycles. The number of ether oxygens (including phenoxy) is 1. The van der Waals surface area contributed by atoms with Gasteiger partial charge in [0.15, 0.2) is 0 Å². The van der Waals surface area contributed by atoms with E-state index in [1.165, 1.54) is 7.05 Å². The third-order valence-corrected chi connectivity index (χ3v) is 3.42. The second-order valence-electron chi connectivity index (χ2n) is 4.75. The van der Waals surface area contributed by atoms with E-state index in [1.54, 1.807) is 18.5 Å². The maximum Gasteiger partial charge on any atom is 0.412 e. The minimum Gasteiger partial charge on any atom is -0.410 e. The van der Waals surface area contributed by atoms with Gasteiger partial charge in [-0.2, -0.15) is 0 Å². The molecular weight excluding hydrogens is 280 g/mol. The minimum absolute atomic E-state index is 0.479. The van der Waals surface area contributed by atoms with Crippen LogP contribution in [-0.2, 0) is 0 Å². The predicted octanol–water partition coefficient (Wildman–Crippen LogP) is 2.65. The van der Waals surface area contributed by atoms with Crippen molar-refractivity contribution in [2.24, 2.45) is 0 Å². The van der Waals surface area contributed by atoms with Crippen molar-refractivity contribution < 1.29 is 9.53 Å². The number of aromatic nitrogens is 2. The normalized spacial score (nSPS) is 10.5. The van der Waals surface area contributed by atoms with Crippen LogP contribution >= 0.6 is 0 Å². The van der Waals surface area contributed by atoms with Crippen LogP contribution in [0.25, 0.3) is 10.9 Å². The van der Waals surface area contributed by atoms with E-state index in [9.17, 15) is 4.79 Å². The molecule has 0 aliphatic heterocycles. The Morgan fingerprint density at radius 2 is 2.00 bits per heavy atom. The molecule has 6 heteroatoms. The summed E-state index contributed by atoms with van der Waals surface area (Å²) in [5.74, 6) is 0.510. The highest BCUT2D eigenvalue weighted by molar-refractivity contribution is 5.83. The fourth-order valence-electron chi connectivity index (χ4n) is 2.27. The second-order valence-corrected chi connectivity index (χ2v) is 4.75. The van der Waals surface area contributed by atoms with Crippen LogP contribution in [0.1, 0.15) is 0 Å². The molecule has 0 unspecified atom stereocenters. The molecule has 0 saturated carbocycles. The molecule has 0 atom stereocenters. The molecule has 112 valence electrons. The summed E-state index contributed by atoms with van der Waals surface area (Å²) in [6, 6.07) is 11.4. The van der Waals surface area contributed by atoms with Crippen molar-refractivity contribution in [2.45, 2.75) is 0 Å². The van der Waals surface area contributed by atoms with Crippen molar-refractivity contribution in [2.75, 3.05) is 19.1 Å². The molecule has 1 aromatic carbocycles. The fraction of sp³-hybridized carbons (Fsp3) is 0.125. The number of benzene rings is 1. The Labute approximate surface area is 127 Å². The van der Waals surface area contributed by atoms with Gasteiger partial charge in [0, 0.05) is 38.1 Å². The molecule has 22 heavy (non-hydrogen) atoms. The average molecular weight is 296 g/mol. The molecule has 0 fully saturated rings. The van der Waals surface area contributed by atoms with Crippen LogP contribution in [0.15, 0.2) is 55.0 Å². The highest BCUT2D eigenvalue weighted by Gasteiger charge is 2.09. The number of pyridine rings is 1. The van der Waals surface area contributed by atoms with Crippen molar-refractivity contribution in [3.05, 3.63) is 55.0 Å². The first kappa shape index (κ1) is 13.9. The summed E-state index contributed by atoms with van der Waals surface area (Å²) in [6.45, 7) is 0. The summed E-state index contributed by atoms with van der Waals surface area (Å²) >= 11 is 0. The molecule has 1 N–H and O–H groups in total. The average Bonchev–Trinajstić information content (AvgIpc) is 2.98. The van der Waals surface area contributed by atoms with Gasteiger partial charge in [-0.1, -0.05) is 0 Å². The third kappa shape index (κ3) is 2.58. The number of hydrogen-bond donors (Lipinski definition) is 1. The Morgan fingerprint density at radius 1 is 1.23 bits per heavy atom. The summed E-state index contributed by atoms with van der Waals surface area (Å²) in [5.41, 5.74) is 2.04. The lowest BCUT2D eigenvalue weighted by atomic mass is 10.2. The van der Waals surface area contributed by atoms with Crippen molar-refractivity contribution >= 4 is 22.7 Å². The number of anilines is 1. The van der Waals surface area contributed by atoms with E-state index >= 15 is 0 Å². The Bertz CT molecular complexity index is 798. The number of nitrogens with one attached hydrogen (secondary N) is 1. The van der Waals surface area contributed by atoms with Gasteiger partial charge in [0.2, 0.25) is 0 Å². The van der Waals surface area contributed by atoms with Crippen molar-refractivity contribution in [1.29, 1.82) is 0 Å². The zero-order chi connectivity index (χ0) is 15.5. The third-order valence-electron chi connectivity index (χ3n) is 3.42. The van der Waals surface area contributed by atoms with E-state index in [2.05, 4.69) is 10.3 Å². The lowest BCUT2D eigenvalue weighted by Gasteiger charge is -2.21. The molecule has 0 bridgehead atoms. The molecule has 0 spiro atoms. The number of nitrogens with zero attached hydrogens (tertiary/aromatic N) is 3. The van der Waals surface area contributed by atoms with Crippen LogP contribution in [0.3, 0.4) is 0 Å². The van der Waals surface area contributed by atoms with E-state index in [4.69, 9.17) is 4.74 Å². The quantitative estimate of drug-likeness (QED) is 0.807. The molecule has 1 amide bonds. The predicted molar refractivity (Wildman–Crippen MR) is 85.1 cm³/mol. The van der Waals surface area contributed by atoms with Gasteiger partial charge in [-0.05, 0) is 36.4 Å². The molecule has 0 aliphatic rings. The number of carbonyl (C=O) groups excluding carboxylic acids is 1. The SMILES string of the molecule is CNC(=O)Oc1ccc2c(ccn2N(C)c2ccncc2)c1. The number of rotatable bonds is 3. The lowest BCUT2D eigenvalue weighted by Crippen LogP contribution is -2.23. The first-order valence-electron chi connectivity index (χ1n) is 6.84. The number of fused-ring (bicyclic) bond motifs is 1. The van der Waals surface area contributed by atoms with Gasteiger partial charge in [0.25, 0.3) is 0 Å². The van der Waals surface area contributed by atoms with Crippen LogP contribution in [-0.4, -0.2) is 29.8 Å². The largest absolute Gasteiger partial charge is 0.412 e. The van der Waals surface area contributed by atoms with Crippen molar-refractivity contribution in [3.8, 4) is 5.75 Å². The van der Waals surface area contributed by atoms with Gasteiger partial charge in [-0.25, -0.2) is 4.79 Å². The smallest absolute Gasteiger partial charge is 0.410 e. The molecular formula is C16H16N4O2. The van der Waals surface area contributed by atoms with Gasteiger partial charge in [0.05, 0.1) is 11.2 Å². The van der Waals surface area contributed by atoms with Crippen LogP contribution in [0.5, 0.6) is 5.75 Å². The topological polar surface area (TPSA) is 59.4 Å². The Morgan fingerprint density at radius 3 is 2.73 bits per heavy atom. The van der Waals surface area contributed by atoms with E-state index in [0.29, 0.717) is 5.75 Å². The highest BCUT2D eigenvalue weighted by atomic mass is 16.5. The van der Waals surface area contributed by atoms with Gasteiger partial charge in [0.1, 0.15) is 5.75 Å². The van der Waals surface area contributed by atoms with E-state index in [0.717, 1.165) is 16.6 Å². The first-order valence-corrected chi connectivity index (χ1v) is 6.84. The molecule has 0 saturated heterocycles. The fourth-order valence-corrected chi connectivity index (χ4v) is 2.27. The van der Waals surface area contributed by atoms with Crippen LogP contribution < -0.4 is 15.1 Å². The van der Waals surface area contributed by atoms with Crippen LogP contribution in [0, 0.1) is 0 Å². The summed E-state index contributed by atoms with van der Waals surface area (Å²) in [5, 5.41) is 5.43. The van der Waals surface area contributed by atoms with Crippen LogP contribution in [0.2, 0.25) is 0 Å². The Balaban J connectivity index is 1.94. The van der Waals surface area contributed by atoms with Gasteiger partial charge in [-0.3, -0.25) is 14.7 Å². The maximum atomic E-state index is 11.3. The van der Waals surface area contributed by atoms with Crippen molar-refractivity contribution in [1.82, 2.24) is 15.0 Å². The van der Waals surface area contributed by atoms with Gasteiger partial charge < -0.3 is 10.1 Å². The zero-order valence-electron chi connectivity index (χ0n) is 12.4. The number of carbonyl (C=O) groups is 1. The highest BCUT2D eigenvalue weighted by Crippen LogP contribution is 2.24. The summed E-state index contributed by atoms with van der Waals surface area (Å²) < 4.78 is 7.17. The maximum absolute atomic E-state index is 11.3. The summed E-state index contributed by atoms with van der Waals surface area (Å²) in [6.07, 6.45) is 5.00. The standard InChI is InChI=1S/C16H16N4O2/c1-17-16(21)22-14-3-4-15-12(11-14)7-10-20(15)19(2)13-5-8-18-9-6-13/h3-11H,1-2H3,(H,17,21). The zero-order valence-corrected chi connectivity index (χ0v) is 12.4. The van der Waals surface area contributed by atoms with Crippen LogP contribution in [0.4, 0.5) is 10.5 Å². The van der Waals surface area contributed by atoms with Gasteiger partial charge in [-0.15, -0.1) is 0 Å². The molecule has 0 aliphatic carbocycles. The molecule has 3 aromatic rings. The first-order chi connectivity index (χ1) is 10.7. The van der Waals surface area contributed by atoms with E-state index < -0.39 is 6.09 Å². The molecule has 0 radical (unpaired) electrons. The minimum atomic E-state index is -0.479. The monoisotopic (exact) mass is 296 g/mol. The second kappa shape index (κ2) is 5.77. The Kier molecular flexibility index (Phi) is 3.65. The summed E-state index contributed by atoms with van der Waals surface area (Å²) in [7, 11) is 3.50. The molecule has 3 rings (SSSR count).